The first-order chi connectivity index (χ1) is 17.4. The summed E-state index contributed by atoms with van der Waals surface area (Å²) in [7, 11) is -3.84. The molecule has 2 atom stereocenters. The summed E-state index contributed by atoms with van der Waals surface area (Å²) in [5.74, 6) is -0.356. The molecule has 192 valence electrons. The summed E-state index contributed by atoms with van der Waals surface area (Å²) >= 11 is 0. The van der Waals surface area contributed by atoms with E-state index in [4.69, 9.17) is 0 Å². The molecule has 0 radical (unpaired) electrons. The van der Waals surface area contributed by atoms with Crippen molar-refractivity contribution >= 4 is 10.0 Å². The maximum atomic E-state index is 13.0. The second-order valence-electron chi connectivity index (χ2n) is 8.86. The first-order valence-electron chi connectivity index (χ1n) is 11.8. The number of hydrogen-bond acceptors (Lipinski definition) is 3. The first-order valence-corrected chi connectivity index (χ1v) is 13.3. The summed E-state index contributed by atoms with van der Waals surface area (Å²) in [6, 6.07) is 35.2. The fourth-order valence-corrected chi connectivity index (χ4v) is 5.09. The molecular weight excluding hydrogens is 574 g/mol. The van der Waals surface area contributed by atoms with E-state index >= 15 is 0 Å². The van der Waals surface area contributed by atoms with Crippen LogP contribution in [0.3, 0.4) is 0 Å². The van der Waals surface area contributed by atoms with E-state index < -0.39 is 15.6 Å². The van der Waals surface area contributed by atoms with Crippen LogP contribution in [0, 0.1) is 13.0 Å². The smallest absolute Gasteiger partial charge is 0.544 e. The minimum Gasteiger partial charge on any atom is -0.544 e. The zero-order chi connectivity index (χ0) is 25.4. The predicted octanol–water partition coefficient (Wildman–Crippen LogP) is 6.52. The topological polar surface area (TPSA) is 68.5 Å². The maximum Gasteiger partial charge on any atom is 1.00 e. The van der Waals surface area contributed by atoms with E-state index in [1.165, 1.54) is 0 Å². The van der Waals surface area contributed by atoms with Gasteiger partial charge in [-0.15, -0.1) is 6.54 Å². The number of benzene rings is 4. The molecule has 0 aliphatic rings. The summed E-state index contributed by atoms with van der Waals surface area (Å²) < 4.78 is 30.1. The average Bonchev–Trinajstić information content (AvgIpc) is 2.92. The number of aryl methyl sites for hydroxylation is 1. The molecule has 4 nitrogen and oxygen atoms in total. The maximum absolute atomic E-state index is 13.0. The number of sulfonamides is 1. The van der Waals surface area contributed by atoms with Crippen LogP contribution in [0.4, 0.5) is 0 Å². The van der Waals surface area contributed by atoms with Crippen molar-refractivity contribution in [3.63, 3.8) is 0 Å². The third-order valence-corrected chi connectivity index (χ3v) is 7.49. The third-order valence-electron chi connectivity index (χ3n) is 6.14. The molecule has 4 aromatic carbocycles. The van der Waals surface area contributed by atoms with Crippen LogP contribution in [0.15, 0.2) is 126 Å². The number of nitrogens with zero attached hydrogens (tertiary/aromatic N) is 1. The molecule has 0 fully saturated rings. The van der Waals surface area contributed by atoms with Crippen LogP contribution in [0.25, 0.3) is 4.72 Å². The van der Waals surface area contributed by atoms with Gasteiger partial charge in [-0.05, 0) is 60.7 Å². The van der Waals surface area contributed by atoms with Crippen molar-refractivity contribution in [2.45, 2.75) is 29.8 Å². The van der Waals surface area contributed by atoms with Crippen molar-refractivity contribution in [1.29, 1.82) is 0 Å². The van der Waals surface area contributed by atoms with E-state index in [0.29, 0.717) is 5.56 Å². The molecule has 0 aliphatic carbocycles. The summed E-state index contributed by atoms with van der Waals surface area (Å²) in [6.07, 6.45) is 5.12. The molecule has 37 heavy (non-hydrogen) atoms. The Morgan fingerprint density at radius 1 is 0.838 bits per heavy atom. The van der Waals surface area contributed by atoms with Crippen LogP contribution in [0.1, 0.15) is 34.6 Å². The molecule has 0 bridgehead atoms. The molecule has 1 unspecified atom stereocenters. The minimum atomic E-state index is -3.84. The van der Waals surface area contributed by atoms with Crippen molar-refractivity contribution < 1.29 is 35.9 Å². The van der Waals surface area contributed by atoms with Gasteiger partial charge in [0.1, 0.15) is 15.6 Å². The van der Waals surface area contributed by atoms with Gasteiger partial charge in [-0.3, -0.25) is 0 Å². The normalized spacial score (nSPS) is 13.8. The fraction of sp³-hybridized carbons (Fsp3) is 0.161. The van der Waals surface area contributed by atoms with Gasteiger partial charge in [-0.25, -0.2) is 8.42 Å². The molecule has 0 saturated heterocycles. The SMILES string of the molecule is Cc1ccc(S(=O)(=O)[N-]CC(C[C@@](O)(C=[C+]c2ccccc2)c2ccccc2)c2ccccc2)cc1.[Ag+]. The third kappa shape index (κ3) is 7.81. The fourth-order valence-electron chi connectivity index (χ4n) is 4.09. The number of aliphatic hydroxyl groups is 1. The van der Waals surface area contributed by atoms with Gasteiger partial charge in [-0.1, -0.05) is 78.4 Å². The standard InChI is InChI=1S/C31H29NO3S.Ag/c1-25-17-19-30(20-18-25)36(34,35)32-24-28(27-13-7-3-8-14-27)23-31(33,29-15-9-4-10-16-29)22-21-26-11-5-2-6-12-26;/h2-20,22,28,33H,23-24H2,1H3;/q;+1/t28?,31-;/m0./s1. The largest absolute Gasteiger partial charge is 1.00 e. The second-order valence-corrected chi connectivity index (χ2v) is 10.5. The molecule has 4 aromatic rings. The Bertz CT molecular complexity index is 1380. The van der Waals surface area contributed by atoms with Crippen LogP contribution < -0.4 is 0 Å². The van der Waals surface area contributed by atoms with Crippen molar-refractivity contribution in [3.05, 3.63) is 154 Å². The van der Waals surface area contributed by atoms with Gasteiger partial charge in [-0.2, -0.15) is 0 Å². The Morgan fingerprint density at radius 2 is 1.38 bits per heavy atom. The van der Waals surface area contributed by atoms with E-state index in [-0.39, 0.29) is 46.2 Å². The molecular formula is C31H29AgNO3S+. The van der Waals surface area contributed by atoms with Crippen LogP contribution in [0.5, 0.6) is 0 Å². The van der Waals surface area contributed by atoms with E-state index in [9.17, 15) is 13.5 Å². The molecule has 0 spiro atoms. The zero-order valence-corrected chi connectivity index (χ0v) is 22.8. The van der Waals surface area contributed by atoms with Crippen LogP contribution in [-0.2, 0) is 38.0 Å². The van der Waals surface area contributed by atoms with Gasteiger partial charge in [0.15, 0.2) is 5.56 Å². The number of hydrogen-bond donors (Lipinski definition) is 1. The zero-order valence-electron chi connectivity index (χ0n) is 20.5. The van der Waals surface area contributed by atoms with Gasteiger partial charge in [0.05, 0.1) is 18.2 Å². The second kappa shape index (κ2) is 13.1. The monoisotopic (exact) mass is 602 g/mol. The Kier molecular flexibility index (Phi) is 10.2. The van der Waals surface area contributed by atoms with Gasteiger partial charge in [0.25, 0.3) is 0 Å². The van der Waals surface area contributed by atoms with Crippen molar-refractivity contribution in [2.75, 3.05) is 6.54 Å². The average molecular weight is 604 g/mol. The van der Waals surface area contributed by atoms with Gasteiger partial charge in [0.2, 0.25) is 0 Å². The quantitative estimate of drug-likeness (QED) is 0.166. The molecule has 6 heteroatoms. The Hall–Kier alpha value is -2.86. The van der Waals surface area contributed by atoms with Crippen molar-refractivity contribution in [2.24, 2.45) is 0 Å². The molecule has 1 N–H and O–H groups in total. The Morgan fingerprint density at radius 3 is 1.97 bits per heavy atom. The van der Waals surface area contributed by atoms with E-state index in [1.54, 1.807) is 30.3 Å². The molecule has 0 heterocycles. The predicted molar refractivity (Wildman–Crippen MR) is 144 cm³/mol. The number of rotatable bonds is 10. The van der Waals surface area contributed by atoms with Crippen LogP contribution >= 0.6 is 0 Å². The van der Waals surface area contributed by atoms with Crippen molar-refractivity contribution in [1.82, 2.24) is 0 Å². The molecule has 0 aromatic heterocycles. The molecule has 0 amide bonds. The van der Waals surface area contributed by atoms with Crippen LogP contribution in [-0.4, -0.2) is 20.1 Å². The Balaban J connectivity index is 0.00000380. The van der Waals surface area contributed by atoms with Crippen molar-refractivity contribution in [3.8, 4) is 0 Å². The summed E-state index contributed by atoms with van der Waals surface area (Å²) in [5.41, 5.74) is 2.04. The van der Waals surface area contributed by atoms with Crippen LogP contribution in [0.2, 0.25) is 0 Å². The van der Waals surface area contributed by atoms with Gasteiger partial charge >= 0.3 is 22.4 Å². The summed E-state index contributed by atoms with van der Waals surface area (Å²) in [4.78, 5) is 0.163. The molecule has 0 aliphatic heterocycles. The van der Waals surface area contributed by atoms with E-state index in [1.807, 2.05) is 97.9 Å². The van der Waals surface area contributed by atoms with Gasteiger partial charge in [0, 0.05) is 11.0 Å². The first kappa shape index (κ1) is 28.7. The van der Waals surface area contributed by atoms with E-state index in [2.05, 4.69) is 10.8 Å². The summed E-state index contributed by atoms with van der Waals surface area (Å²) in [5, 5.41) is 11.9. The molecule has 0 saturated carbocycles. The molecule has 4 rings (SSSR count). The van der Waals surface area contributed by atoms with E-state index in [0.717, 1.165) is 16.7 Å². The summed E-state index contributed by atoms with van der Waals surface area (Å²) in [6.45, 7) is 1.91. The minimum absolute atomic E-state index is 0. The van der Waals surface area contributed by atoms with Gasteiger partial charge < -0.3 is 9.83 Å². The Labute approximate surface area is 235 Å².